The summed E-state index contributed by atoms with van der Waals surface area (Å²) in [6.45, 7) is 0.820. The van der Waals surface area contributed by atoms with Crippen molar-refractivity contribution >= 4 is 27.7 Å². The van der Waals surface area contributed by atoms with Crippen molar-refractivity contribution in [3.8, 4) is 5.75 Å². The van der Waals surface area contributed by atoms with Gasteiger partial charge in [0.2, 0.25) is 11.8 Å². The number of halogens is 1. The second-order valence-electron chi connectivity index (χ2n) is 9.61. The Bertz CT molecular complexity index is 1120. The fraction of sp³-hybridized carbons (Fsp3) is 0.355. The Kier molecular flexibility index (Phi) is 10.2. The van der Waals surface area contributed by atoms with E-state index in [9.17, 15) is 9.59 Å². The molecule has 0 aromatic heterocycles. The third-order valence-electron chi connectivity index (χ3n) is 6.79. The molecule has 194 valence electrons. The molecule has 6 heteroatoms. The monoisotopic (exact) mass is 562 g/mol. The van der Waals surface area contributed by atoms with Crippen LogP contribution in [0.25, 0.3) is 0 Å². The van der Waals surface area contributed by atoms with E-state index in [0.717, 1.165) is 47.0 Å². The topological polar surface area (TPSA) is 58.6 Å². The highest BCUT2D eigenvalue weighted by Crippen LogP contribution is 2.21. The fourth-order valence-electron chi connectivity index (χ4n) is 4.78. The Morgan fingerprint density at radius 2 is 1.54 bits per heavy atom. The highest BCUT2D eigenvalue weighted by molar-refractivity contribution is 9.10. The number of nitrogens with one attached hydrogen (secondary N) is 1. The lowest BCUT2D eigenvalue weighted by Gasteiger charge is -2.32. The normalized spacial score (nSPS) is 14.2. The lowest BCUT2D eigenvalue weighted by molar-refractivity contribution is -0.141. The van der Waals surface area contributed by atoms with Crippen LogP contribution < -0.4 is 10.1 Å². The number of rotatable bonds is 12. The Labute approximate surface area is 228 Å². The number of hydrogen-bond donors (Lipinski definition) is 1. The van der Waals surface area contributed by atoms with Crippen LogP contribution in [0, 0.1) is 0 Å². The van der Waals surface area contributed by atoms with Crippen molar-refractivity contribution in [2.75, 3.05) is 6.61 Å². The summed E-state index contributed by atoms with van der Waals surface area (Å²) in [6.07, 6.45) is 5.64. The molecule has 1 aliphatic carbocycles. The maximum Gasteiger partial charge on any atom is 0.243 e. The van der Waals surface area contributed by atoms with Crippen LogP contribution in [0.3, 0.4) is 0 Å². The molecule has 0 bridgehead atoms. The van der Waals surface area contributed by atoms with Crippen LogP contribution in [0.2, 0.25) is 0 Å². The van der Waals surface area contributed by atoms with Gasteiger partial charge in [0.05, 0.1) is 6.61 Å². The van der Waals surface area contributed by atoms with Gasteiger partial charge >= 0.3 is 0 Å². The highest BCUT2D eigenvalue weighted by atomic mass is 79.9. The minimum Gasteiger partial charge on any atom is -0.494 e. The average molecular weight is 564 g/mol. The van der Waals surface area contributed by atoms with Crippen LogP contribution in [-0.4, -0.2) is 35.4 Å². The van der Waals surface area contributed by atoms with E-state index in [1.165, 1.54) is 0 Å². The van der Waals surface area contributed by atoms with E-state index in [1.807, 2.05) is 84.9 Å². The minimum absolute atomic E-state index is 0.0397. The number of ether oxygens (including phenoxy) is 1. The number of carbonyl (C=O) groups is 2. The molecule has 3 aromatic rings. The molecule has 5 nitrogen and oxygen atoms in total. The molecule has 1 fully saturated rings. The van der Waals surface area contributed by atoms with E-state index in [2.05, 4.69) is 21.2 Å². The zero-order valence-corrected chi connectivity index (χ0v) is 22.7. The molecule has 1 aliphatic rings. The van der Waals surface area contributed by atoms with Crippen molar-refractivity contribution in [1.82, 2.24) is 10.2 Å². The van der Waals surface area contributed by atoms with Crippen molar-refractivity contribution < 1.29 is 14.3 Å². The van der Waals surface area contributed by atoms with Gasteiger partial charge in [-0.3, -0.25) is 9.59 Å². The molecule has 0 spiro atoms. The first-order valence-electron chi connectivity index (χ1n) is 13.1. The zero-order chi connectivity index (χ0) is 25.9. The minimum atomic E-state index is -0.589. The summed E-state index contributed by atoms with van der Waals surface area (Å²) in [5, 5.41) is 3.25. The molecule has 0 aliphatic heterocycles. The number of nitrogens with zero attached hydrogens (tertiary/aromatic N) is 1. The molecule has 1 atom stereocenters. The maximum atomic E-state index is 13.7. The first-order chi connectivity index (χ1) is 18.1. The molecule has 37 heavy (non-hydrogen) atoms. The van der Waals surface area contributed by atoms with Crippen molar-refractivity contribution in [3.05, 3.63) is 101 Å². The van der Waals surface area contributed by atoms with E-state index in [1.54, 1.807) is 4.90 Å². The molecule has 0 saturated heterocycles. The van der Waals surface area contributed by atoms with Gasteiger partial charge in [0, 0.05) is 29.9 Å². The van der Waals surface area contributed by atoms with Gasteiger partial charge < -0.3 is 15.0 Å². The van der Waals surface area contributed by atoms with Crippen molar-refractivity contribution in [2.24, 2.45) is 0 Å². The van der Waals surface area contributed by atoms with E-state index in [-0.39, 0.29) is 17.9 Å². The molecule has 1 saturated carbocycles. The fourth-order valence-corrected chi connectivity index (χ4v) is 5.05. The standard InChI is InChI=1S/C31H35BrN2O3/c32-26-19-17-25(18-20-26)23-34(30(35)16-9-21-37-28-14-5-2-6-15-28)29(22-24-10-3-1-4-11-24)31(36)33-27-12-7-8-13-27/h1-6,10-11,14-15,17-20,27,29H,7-9,12-13,16,21-23H2,(H,33,36)/t29-/m1/s1. The summed E-state index contributed by atoms with van der Waals surface area (Å²) in [4.78, 5) is 29.1. The number of hydrogen-bond acceptors (Lipinski definition) is 3. The van der Waals surface area contributed by atoms with Gasteiger partial charge in [-0.25, -0.2) is 0 Å². The summed E-state index contributed by atoms with van der Waals surface area (Å²) in [6, 6.07) is 27.1. The number of amides is 2. The first-order valence-corrected chi connectivity index (χ1v) is 13.9. The van der Waals surface area contributed by atoms with E-state index in [0.29, 0.717) is 32.4 Å². The largest absolute Gasteiger partial charge is 0.494 e. The van der Waals surface area contributed by atoms with E-state index in [4.69, 9.17) is 4.74 Å². The van der Waals surface area contributed by atoms with Gasteiger partial charge in [-0.05, 0) is 54.7 Å². The smallest absolute Gasteiger partial charge is 0.243 e. The average Bonchev–Trinajstić information content (AvgIpc) is 3.44. The summed E-state index contributed by atoms with van der Waals surface area (Å²) in [7, 11) is 0. The predicted molar refractivity (Wildman–Crippen MR) is 150 cm³/mol. The summed E-state index contributed by atoms with van der Waals surface area (Å²) in [5.74, 6) is 0.684. The third-order valence-corrected chi connectivity index (χ3v) is 7.31. The highest BCUT2D eigenvalue weighted by Gasteiger charge is 2.31. The molecule has 0 radical (unpaired) electrons. The van der Waals surface area contributed by atoms with Crippen LogP contribution in [0.1, 0.15) is 49.7 Å². The van der Waals surface area contributed by atoms with Crippen LogP contribution in [0.5, 0.6) is 5.75 Å². The van der Waals surface area contributed by atoms with Gasteiger partial charge in [-0.1, -0.05) is 89.4 Å². The maximum absolute atomic E-state index is 13.7. The third kappa shape index (κ3) is 8.46. The quantitative estimate of drug-likeness (QED) is 0.263. The summed E-state index contributed by atoms with van der Waals surface area (Å²) in [5.41, 5.74) is 2.03. The molecular weight excluding hydrogens is 528 g/mol. The second kappa shape index (κ2) is 14.0. The second-order valence-corrected chi connectivity index (χ2v) is 10.5. The molecule has 1 N–H and O–H groups in total. The number of benzene rings is 3. The molecular formula is C31H35BrN2O3. The van der Waals surface area contributed by atoms with Gasteiger partial charge in [0.25, 0.3) is 0 Å². The van der Waals surface area contributed by atoms with Gasteiger partial charge in [0.1, 0.15) is 11.8 Å². The summed E-state index contributed by atoms with van der Waals surface area (Å²) >= 11 is 3.49. The number of para-hydroxylation sites is 1. The van der Waals surface area contributed by atoms with Gasteiger partial charge in [-0.2, -0.15) is 0 Å². The molecule has 3 aromatic carbocycles. The first kappa shape index (κ1) is 26.9. The number of carbonyl (C=O) groups excluding carboxylic acids is 2. The van der Waals surface area contributed by atoms with Crippen molar-refractivity contribution in [2.45, 2.75) is 63.6 Å². The SMILES string of the molecule is O=C(NC1CCCC1)[C@@H](Cc1ccccc1)N(Cc1ccc(Br)cc1)C(=O)CCCOc1ccccc1. The van der Waals surface area contributed by atoms with Gasteiger partial charge in [0.15, 0.2) is 0 Å². The molecule has 0 unspecified atom stereocenters. The van der Waals surface area contributed by atoms with Crippen LogP contribution in [0.4, 0.5) is 0 Å². The molecule has 4 rings (SSSR count). The van der Waals surface area contributed by atoms with Gasteiger partial charge in [-0.15, -0.1) is 0 Å². The zero-order valence-electron chi connectivity index (χ0n) is 21.2. The Morgan fingerprint density at radius 3 is 2.22 bits per heavy atom. The molecule has 2 amide bonds. The van der Waals surface area contributed by atoms with E-state index >= 15 is 0 Å². The van der Waals surface area contributed by atoms with Crippen LogP contribution in [0.15, 0.2) is 89.4 Å². The Hall–Kier alpha value is -3.12. The van der Waals surface area contributed by atoms with Crippen LogP contribution >= 0.6 is 15.9 Å². The van der Waals surface area contributed by atoms with Crippen molar-refractivity contribution in [3.63, 3.8) is 0 Å². The van der Waals surface area contributed by atoms with E-state index < -0.39 is 6.04 Å². The lowest BCUT2D eigenvalue weighted by atomic mass is 10.0. The Balaban J connectivity index is 1.52. The van der Waals surface area contributed by atoms with Crippen molar-refractivity contribution in [1.29, 1.82) is 0 Å². The lowest BCUT2D eigenvalue weighted by Crippen LogP contribution is -2.52. The summed E-state index contributed by atoms with van der Waals surface area (Å²) < 4.78 is 6.78. The molecule has 0 heterocycles. The predicted octanol–water partition coefficient (Wildman–Crippen LogP) is 6.31. The Morgan fingerprint density at radius 1 is 0.892 bits per heavy atom. The van der Waals surface area contributed by atoms with Crippen LogP contribution in [-0.2, 0) is 22.6 Å².